The van der Waals surface area contributed by atoms with Gasteiger partial charge in [0.05, 0.1) is 13.2 Å². The number of hydrogen-bond acceptors (Lipinski definition) is 5. The number of hydrogen-bond donors (Lipinski definition) is 1. The van der Waals surface area contributed by atoms with Crippen molar-refractivity contribution in [1.29, 1.82) is 0 Å². The van der Waals surface area contributed by atoms with Gasteiger partial charge in [0.15, 0.2) is 6.61 Å². The molecule has 23 heavy (non-hydrogen) atoms. The number of carbonyl (C=O) groups is 2. The highest BCUT2D eigenvalue weighted by atomic mass is 32.1. The molecular formula is C17H19NO4S. The number of thiophene rings is 1. The fraction of sp³-hybridized carbons (Fsp3) is 0.294. The molecule has 0 saturated heterocycles. The van der Waals surface area contributed by atoms with E-state index in [1.807, 2.05) is 44.2 Å². The first-order chi connectivity index (χ1) is 11.0. The van der Waals surface area contributed by atoms with E-state index in [4.69, 9.17) is 9.47 Å². The molecule has 5 nitrogen and oxygen atoms in total. The van der Waals surface area contributed by atoms with Crippen LogP contribution in [0.5, 0.6) is 5.75 Å². The number of esters is 1. The molecule has 0 radical (unpaired) electrons. The van der Waals surface area contributed by atoms with Gasteiger partial charge in [-0.2, -0.15) is 0 Å². The lowest BCUT2D eigenvalue weighted by molar-refractivity contribution is -0.124. The SMILES string of the molecule is COc1cccc(C(C)NC(=O)COC(=O)c2ccc(C)s2)c1. The van der Waals surface area contributed by atoms with Crippen LogP contribution in [-0.4, -0.2) is 25.6 Å². The van der Waals surface area contributed by atoms with Crippen molar-refractivity contribution in [1.82, 2.24) is 5.32 Å². The average molecular weight is 333 g/mol. The zero-order chi connectivity index (χ0) is 16.8. The Morgan fingerprint density at radius 3 is 2.70 bits per heavy atom. The van der Waals surface area contributed by atoms with Gasteiger partial charge in [-0.05, 0) is 43.7 Å². The number of rotatable bonds is 6. The largest absolute Gasteiger partial charge is 0.497 e. The molecule has 2 aromatic rings. The summed E-state index contributed by atoms with van der Waals surface area (Å²) in [4.78, 5) is 25.2. The number of benzene rings is 1. The van der Waals surface area contributed by atoms with Gasteiger partial charge in [-0.3, -0.25) is 4.79 Å². The third-order valence-corrected chi connectivity index (χ3v) is 4.23. The van der Waals surface area contributed by atoms with E-state index in [0.717, 1.165) is 16.2 Å². The van der Waals surface area contributed by atoms with E-state index in [0.29, 0.717) is 4.88 Å². The normalized spacial score (nSPS) is 11.6. The van der Waals surface area contributed by atoms with Crippen molar-refractivity contribution in [2.24, 2.45) is 0 Å². The fourth-order valence-electron chi connectivity index (χ4n) is 2.02. The molecule has 1 unspecified atom stereocenters. The molecule has 0 aliphatic heterocycles. The quantitative estimate of drug-likeness (QED) is 0.825. The topological polar surface area (TPSA) is 64.6 Å². The minimum Gasteiger partial charge on any atom is -0.497 e. The first-order valence-corrected chi connectivity index (χ1v) is 7.98. The molecule has 6 heteroatoms. The van der Waals surface area contributed by atoms with Crippen LogP contribution < -0.4 is 10.1 Å². The molecule has 0 aliphatic carbocycles. The van der Waals surface area contributed by atoms with E-state index < -0.39 is 5.97 Å². The fourth-order valence-corrected chi connectivity index (χ4v) is 2.79. The van der Waals surface area contributed by atoms with E-state index in [2.05, 4.69) is 5.32 Å². The van der Waals surface area contributed by atoms with Gasteiger partial charge >= 0.3 is 5.97 Å². The molecule has 0 spiro atoms. The number of aryl methyl sites for hydroxylation is 1. The molecule has 1 amide bonds. The lowest BCUT2D eigenvalue weighted by Gasteiger charge is -2.15. The Balaban J connectivity index is 1.85. The molecule has 1 heterocycles. The first-order valence-electron chi connectivity index (χ1n) is 7.16. The van der Waals surface area contributed by atoms with Crippen LogP contribution in [0.3, 0.4) is 0 Å². The Morgan fingerprint density at radius 2 is 2.04 bits per heavy atom. The van der Waals surface area contributed by atoms with Crippen molar-refractivity contribution < 1.29 is 19.1 Å². The van der Waals surface area contributed by atoms with E-state index in [1.54, 1.807) is 13.2 Å². The molecule has 0 saturated carbocycles. The Labute approximate surface area is 139 Å². The molecule has 1 atom stereocenters. The molecule has 0 fully saturated rings. The van der Waals surface area contributed by atoms with E-state index in [-0.39, 0.29) is 18.6 Å². The Bertz CT molecular complexity index is 695. The van der Waals surface area contributed by atoms with Gasteiger partial charge in [0, 0.05) is 4.88 Å². The molecule has 2 rings (SSSR count). The molecule has 1 aromatic heterocycles. The summed E-state index contributed by atoms with van der Waals surface area (Å²) in [6, 6.07) is 10.8. The van der Waals surface area contributed by atoms with Crippen LogP contribution in [0.25, 0.3) is 0 Å². The van der Waals surface area contributed by atoms with Crippen LogP contribution >= 0.6 is 11.3 Å². The molecular weight excluding hydrogens is 314 g/mol. The summed E-state index contributed by atoms with van der Waals surface area (Å²) in [5.74, 6) is -0.0997. The zero-order valence-corrected chi connectivity index (χ0v) is 14.1. The van der Waals surface area contributed by atoms with Gasteiger partial charge in [-0.25, -0.2) is 4.79 Å². The van der Waals surface area contributed by atoms with E-state index in [1.165, 1.54) is 11.3 Å². The first kappa shape index (κ1) is 17.0. The number of methoxy groups -OCH3 is 1. The second-order valence-electron chi connectivity index (χ2n) is 5.05. The summed E-state index contributed by atoms with van der Waals surface area (Å²) >= 11 is 1.34. The predicted molar refractivity (Wildman–Crippen MR) is 88.9 cm³/mol. The predicted octanol–water partition coefficient (Wildman–Crippen LogP) is 3.10. The summed E-state index contributed by atoms with van der Waals surface area (Å²) in [6.07, 6.45) is 0. The maximum atomic E-state index is 11.9. The minimum atomic E-state index is -0.479. The van der Waals surface area contributed by atoms with Gasteiger partial charge in [0.25, 0.3) is 5.91 Å². The number of carbonyl (C=O) groups excluding carboxylic acids is 2. The smallest absolute Gasteiger partial charge is 0.348 e. The minimum absolute atomic E-state index is 0.208. The van der Waals surface area contributed by atoms with Gasteiger partial charge in [-0.15, -0.1) is 11.3 Å². The van der Waals surface area contributed by atoms with Gasteiger partial charge < -0.3 is 14.8 Å². The van der Waals surface area contributed by atoms with Gasteiger partial charge in [0.2, 0.25) is 0 Å². The van der Waals surface area contributed by atoms with Gasteiger partial charge in [0.1, 0.15) is 10.6 Å². The third kappa shape index (κ3) is 4.82. The summed E-state index contributed by atoms with van der Waals surface area (Å²) < 4.78 is 10.2. The van der Waals surface area contributed by atoms with Crippen molar-refractivity contribution in [3.63, 3.8) is 0 Å². The Kier molecular flexibility index (Phi) is 5.76. The highest BCUT2D eigenvalue weighted by molar-refractivity contribution is 7.13. The van der Waals surface area contributed by atoms with Crippen molar-refractivity contribution in [3.05, 3.63) is 51.7 Å². The van der Waals surface area contributed by atoms with E-state index in [9.17, 15) is 9.59 Å². The summed E-state index contributed by atoms with van der Waals surface area (Å²) in [7, 11) is 1.59. The third-order valence-electron chi connectivity index (χ3n) is 3.25. The van der Waals surface area contributed by atoms with Crippen LogP contribution in [0.15, 0.2) is 36.4 Å². The molecule has 122 valence electrons. The lowest BCUT2D eigenvalue weighted by atomic mass is 10.1. The van der Waals surface area contributed by atoms with Crippen molar-refractivity contribution >= 4 is 23.2 Å². The lowest BCUT2D eigenvalue weighted by Crippen LogP contribution is -2.31. The number of nitrogens with one attached hydrogen (secondary N) is 1. The Hall–Kier alpha value is -2.34. The number of ether oxygens (including phenoxy) is 2. The standard InChI is InChI=1S/C17H19NO4S/c1-11-7-8-15(23-11)17(20)22-10-16(19)18-12(2)13-5-4-6-14(9-13)21-3/h4-9,12H,10H2,1-3H3,(H,18,19). The highest BCUT2D eigenvalue weighted by Crippen LogP contribution is 2.19. The summed E-state index contributed by atoms with van der Waals surface area (Å²) in [6.45, 7) is 3.46. The summed E-state index contributed by atoms with van der Waals surface area (Å²) in [5.41, 5.74) is 0.915. The van der Waals surface area contributed by atoms with Crippen LogP contribution in [0.4, 0.5) is 0 Å². The van der Waals surface area contributed by atoms with Crippen molar-refractivity contribution in [2.75, 3.05) is 13.7 Å². The average Bonchev–Trinajstić information content (AvgIpc) is 2.99. The monoisotopic (exact) mass is 333 g/mol. The summed E-state index contributed by atoms with van der Waals surface area (Å²) in [5, 5.41) is 2.79. The highest BCUT2D eigenvalue weighted by Gasteiger charge is 2.14. The van der Waals surface area contributed by atoms with Crippen LogP contribution in [0, 0.1) is 6.92 Å². The van der Waals surface area contributed by atoms with Gasteiger partial charge in [-0.1, -0.05) is 12.1 Å². The van der Waals surface area contributed by atoms with E-state index >= 15 is 0 Å². The zero-order valence-electron chi connectivity index (χ0n) is 13.3. The molecule has 1 N–H and O–H groups in total. The Morgan fingerprint density at radius 1 is 1.26 bits per heavy atom. The van der Waals surface area contributed by atoms with Crippen LogP contribution in [-0.2, 0) is 9.53 Å². The maximum absolute atomic E-state index is 11.9. The maximum Gasteiger partial charge on any atom is 0.348 e. The molecule has 0 aliphatic rings. The second kappa shape index (κ2) is 7.78. The van der Waals surface area contributed by atoms with Crippen molar-refractivity contribution in [3.8, 4) is 5.75 Å². The molecule has 0 bridgehead atoms. The second-order valence-corrected chi connectivity index (χ2v) is 6.34. The van der Waals surface area contributed by atoms with Crippen molar-refractivity contribution in [2.45, 2.75) is 19.9 Å². The number of amides is 1. The van der Waals surface area contributed by atoms with Crippen LogP contribution in [0.1, 0.15) is 33.1 Å². The van der Waals surface area contributed by atoms with Crippen LogP contribution in [0.2, 0.25) is 0 Å². The molecule has 1 aromatic carbocycles.